The van der Waals surface area contributed by atoms with Crippen LogP contribution in [0.5, 0.6) is 5.75 Å². The predicted octanol–water partition coefficient (Wildman–Crippen LogP) is 4.63. The summed E-state index contributed by atoms with van der Waals surface area (Å²) < 4.78 is 16.3. The molecule has 1 aliphatic carbocycles. The van der Waals surface area contributed by atoms with Gasteiger partial charge in [-0.1, -0.05) is 6.07 Å². The fourth-order valence-electron chi connectivity index (χ4n) is 3.31. The molecule has 150 valence electrons. The van der Waals surface area contributed by atoms with E-state index in [2.05, 4.69) is 28.4 Å². The summed E-state index contributed by atoms with van der Waals surface area (Å²) in [5.41, 5.74) is 3.60. The minimum atomic E-state index is -0.609. The van der Waals surface area contributed by atoms with E-state index < -0.39 is 6.10 Å². The number of hydrogen-bond donors (Lipinski definition) is 0. The molecule has 0 saturated heterocycles. The molecule has 0 fully saturated rings. The first kappa shape index (κ1) is 19.5. The van der Waals surface area contributed by atoms with E-state index in [1.54, 1.807) is 14.0 Å². The molecule has 1 aromatic heterocycles. The molecular weight excluding hydrogens is 388 g/mol. The molecule has 0 aliphatic heterocycles. The molecule has 1 unspecified atom stereocenters. The van der Waals surface area contributed by atoms with Crippen molar-refractivity contribution in [2.75, 3.05) is 12.9 Å². The van der Waals surface area contributed by atoms with Crippen molar-refractivity contribution in [1.29, 1.82) is 0 Å². The molecule has 0 spiro atoms. The Hall–Kier alpha value is -2.80. The Morgan fingerprint density at radius 1 is 1.14 bits per heavy atom. The number of carbonyl (C=O) groups excluding carboxylic acids is 1. The summed E-state index contributed by atoms with van der Waals surface area (Å²) in [6, 6.07) is 13.7. The van der Waals surface area contributed by atoms with Crippen LogP contribution in [0.1, 0.15) is 36.5 Å². The highest BCUT2D eigenvalue weighted by Crippen LogP contribution is 2.28. The number of esters is 1. The van der Waals surface area contributed by atoms with E-state index in [1.165, 1.54) is 29.3 Å². The van der Waals surface area contributed by atoms with Crippen LogP contribution in [0.3, 0.4) is 0 Å². The largest absolute Gasteiger partial charge is 0.497 e. The summed E-state index contributed by atoms with van der Waals surface area (Å²) >= 11 is 1.48. The van der Waals surface area contributed by atoms with Crippen LogP contribution in [0.2, 0.25) is 0 Å². The number of thioether (sulfide) groups is 1. The summed E-state index contributed by atoms with van der Waals surface area (Å²) in [7, 11) is 1.61. The van der Waals surface area contributed by atoms with E-state index in [-0.39, 0.29) is 17.6 Å². The van der Waals surface area contributed by atoms with Gasteiger partial charge in [-0.15, -0.1) is 22.0 Å². The number of aryl methyl sites for hydroxylation is 2. The Kier molecular flexibility index (Phi) is 5.85. The lowest BCUT2D eigenvalue weighted by Crippen LogP contribution is -2.11. The molecule has 0 saturated carbocycles. The van der Waals surface area contributed by atoms with Crippen molar-refractivity contribution in [2.24, 2.45) is 0 Å². The zero-order valence-corrected chi connectivity index (χ0v) is 17.2. The molecule has 6 nitrogen and oxygen atoms in total. The maximum absolute atomic E-state index is 12.2. The molecule has 29 heavy (non-hydrogen) atoms. The van der Waals surface area contributed by atoms with Crippen molar-refractivity contribution in [3.63, 3.8) is 0 Å². The fraction of sp³-hybridized carbons (Fsp3) is 0.318. The number of aromatic nitrogens is 2. The molecule has 1 atom stereocenters. The topological polar surface area (TPSA) is 74.5 Å². The van der Waals surface area contributed by atoms with Crippen LogP contribution in [0.4, 0.5) is 0 Å². The standard InChI is InChI=1S/C22H22N2O4S/c1-14(21-23-24-22(28-21)16-6-9-18(26-2)10-7-16)27-20(25)13-29-19-11-8-15-4-3-5-17(15)12-19/h6-12,14H,3-5,13H2,1-2H3. The Labute approximate surface area is 173 Å². The van der Waals surface area contributed by atoms with Crippen LogP contribution >= 0.6 is 11.8 Å². The molecule has 4 rings (SSSR count). The van der Waals surface area contributed by atoms with Crippen LogP contribution in [-0.4, -0.2) is 29.0 Å². The third-order valence-corrected chi connectivity index (χ3v) is 5.83. The number of fused-ring (bicyclic) bond motifs is 1. The van der Waals surface area contributed by atoms with Crippen molar-refractivity contribution in [3.05, 3.63) is 59.5 Å². The summed E-state index contributed by atoms with van der Waals surface area (Å²) in [6.45, 7) is 1.73. The lowest BCUT2D eigenvalue weighted by atomic mass is 10.1. The van der Waals surface area contributed by atoms with Crippen molar-refractivity contribution in [3.8, 4) is 17.2 Å². The monoisotopic (exact) mass is 410 g/mol. The number of benzene rings is 2. The molecule has 0 bridgehead atoms. The molecule has 0 amide bonds. The average Bonchev–Trinajstić information content (AvgIpc) is 3.41. The summed E-state index contributed by atoms with van der Waals surface area (Å²) in [5.74, 6) is 1.32. The van der Waals surface area contributed by atoms with Crippen molar-refractivity contribution in [2.45, 2.75) is 37.2 Å². The lowest BCUT2D eigenvalue weighted by Gasteiger charge is -2.09. The first-order valence-corrected chi connectivity index (χ1v) is 10.5. The second-order valence-corrected chi connectivity index (χ2v) is 7.93. The van der Waals surface area contributed by atoms with Gasteiger partial charge >= 0.3 is 5.97 Å². The molecule has 0 radical (unpaired) electrons. The number of methoxy groups -OCH3 is 1. The summed E-state index contributed by atoms with van der Waals surface area (Å²) in [5, 5.41) is 8.06. The predicted molar refractivity (Wildman–Crippen MR) is 110 cm³/mol. The maximum atomic E-state index is 12.2. The first-order chi connectivity index (χ1) is 14.1. The van der Waals surface area contributed by atoms with Gasteiger partial charge in [-0.2, -0.15) is 0 Å². The van der Waals surface area contributed by atoms with Gasteiger partial charge in [-0.05, 0) is 73.7 Å². The van der Waals surface area contributed by atoms with Crippen LogP contribution < -0.4 is 4.74 Å². The molecular formula is C22H22N2O4S. The number of nitrogens with zero attached hydrogens (tertiary/aromatic N) is 2. The molecule has 1 heterocycles. The number of ether oxygens (including phenoxy) is 2. The molecule has 0 N–H and O–H groups in total. The second kappa shape index (κ2) is 8.69. The zero-order chi connectivity index (χ0) is 20.2. The number of rotatable bonds is 7. The molecule has 1 aliphatic rings. The molecule has 2 aromatic carbocycles. The highest BCUT2D eigenvalue weighted by molar-refractivity contribution is 8.00. The number of hydrogen-bond acceptors (Lipinski definition) is 7. The van der Waals surface area contributed by atoms with Crippen LogP contribution in [0.25, 0.3) is 11.5 Å². The van der Waals surface area contributed by atoms with E-state index in [0.717, 1.165) is 29.1 Å². The van der Waals surface area contributed by atoms with Crippen LogP contribution in [-0.2, 0) is 22.4 Å². The van der Waals surface area contributed by atoms with Gasteiger partial charge in [0, 0.05) is 10.5 Å². The van der Waals surface area contributed by atoms with Gasteiger partial charge < -0.3 is 13.9 Å². The van der Waals surface area contributed by atoms with Gasteiger partial charge in [-0.3, -0.25) is 4.79 Å². The average molecular weight is 410 g/mol. The summed E-state index contributed by atoms with van der Waals surface area (Å²) in [4.78, 5) is 13.3. The van der Waals surface area contributed by atoms with Crippen molar-refractivity contribution >= 4 is 17.7 Å². The summed E-state index contributed by atoms with van der Waals surface area (Å²) in [6.07, 6.45) is 2.88. The molecule has 3 aromatic rings. The highest BCUT2D eigenvalue weighted by atomic mass is 32.2. The quantitative estimate of drug-likeness (QED) is 0.415. The Balaban J connectivity index is 1.32. The second-order valence-electron chi connectivity index (χ2n) is 6.88. The molecule has 7 heteroatoms. The van der Waals surface area contributed by atoms with Crippen LogP contribution in [0, 0.1) is 0 Å². The van der Waals surface area contributed by atoms with Gasteiger partial charge in [0.15, 0.2) is 6.10 Å². The minimum absolute atomic E-state index is 0.239. The highest BCUT2D eigenvalue weighted by Gasteiger charge is 2.19. The SMILES string of the molecule is COc1ccc(-c2nnc(C(C)OC(=O)CSc3ccc4c(c3)CCC4)o2)cc1. The van der Waals surface area contributed by atoms with E-state index in [0.29, 0.717) is 5.89 Å². The number of carbonyl (C=O) groups is 1. The van der Waals surface area contributed by atoms with Gasteiger partial charge in [0.1, 0.15) is 5.75 Å². The first-order valence-electron chi connectivity index (χ1n) is 9.54. The van der Waals surface area contributed by atoms with Gasteiger partial charge in [0.2, 0.25) is 5.89 Å². The lowest BCUT2D eigenvalue weighted by molar-refractivity contribution is -0.146. The third-order valence-electron chi connectivity index (χ3n) is 4.86. The Morgan fingerprint density at radius 2 is 1.93 bits per heavy atom. The van der Waals surface area contributed by atoms with E-state index in [1.807, 2.05) is 24.3 Å². The fourth-order valence-corrected chi connectivity index (χ4v) is 4.05. The van der Waals surface area contributed by atoms with E-state index in [9.17, 15) is 4.79 Å². The minimum Gasteiger partial charge on any atom is -0.497 e. The third kappa shape index (κ3) is 4.62. The zero-order valence-electron chi connectivity index (χ0n) is 16.4. The van der Waals surface area contributed by atoms with E-state index >= 15 is 0 Å². The van der Waals surface area contributed by atoms with Gasteiger partial charge in [0.05, 0.1) is 12.9 Å². The Morgan fingerprint density at radius 3 is 2.72 bits per heavy atom. The maximum Gasteiger partial charge on any atom is 0.317 e. The van der Waals surface area contributed by atoms with Gasteiger partial charge in [-0.25, -0.2) is 0 Å². The normalized spacial score (nSPS) is 13.7. The van der Waals surface area contributed by atoms with Crippen molar-refractivity contribution in [1.82, 2.24) is 10.2 Å². The Bertz CT molecular complexity index is 1000. The van der Waals surface area contributed by atoms with Crippen LogP contribution in [0.15, 0.2) is 51.8 Å². The van der Waals surface area contributed by atoms with Crippen molar-refractivity contribution < 1.29 is 18.7 Å². The van der Waals surface area contributed by atoms with Gasteiger partial charge in [0.25, 0.3) is 5.89 Å². The smallest absolute Gasteiger partial charge is 0.317 e. The van der Waals surface area contributed by atoms with E-state index in [4.69, 9.17) is 13.9 Å².